The summed E-state index contributed by atoms with van der Waals surface area (Å²) in [7, 11) is 0. The van der Waals surface area contributed by atoms with E-state index >= 15 is 0 Å². The third-order valence-corrected chi connectivity index (χ3v) is 2.72. The molecule has 3 N–H and O–H groups in total. The van der Waals surface area contributed by atoms with Crippen LogP contribution in [0.15, 0.2) is 0 Å². The SMILES string of the molecule is C[C@H](O)[C@@]1(CN)C[C@H]1C. The quantitative estimate of drug-likeness (QED) is 0.565. The molecule has 1 saturated carbocycles. The molecule has 0 bridgehead atoms. The molecule has 1 fully saturated rings. The van der Waals surface area contributed by atoms with E-state index < -0.39 is 0 Å². The van der Waals surface area contributed by atoms with Gasteiger partial charge < -0.3 is 10.8 Å². The van der Waals surface area contributed by atoms with Crippen LogP contribution in [-0.4, -0.2) is 17.8 Å². The Bertz CT molecular complexity index is 109. The second-order valence-corrected chi connectivity index (χ2v) is 3.22. The Labute approximate surface area is 56.1 Å². The molecule has 3 atom stereocenters. The highest BCUT2D eigenvalue weighted by atomic mass is 16.3. The minimum Gasteiger partial charge on any atom is -0.393 e. The molecule has 2 nitrogen and oxygen atoms in total. The summed E-state index contributed by atoms with van der Waals surface area (Å²) in [6.07, 6.45) is 0.874. The van der Waals surface area contributed by atoms with Crippen molar-refractivity contribution in [3.05, 3.63) is 0 Å². The van der Waals surface area contributed by atoms with Gasteiger partial charge in [0.25, 0.3) is 0 Å². The summed E-state index contributed by atoms with van der Waals surface area (Å²) in [5, 5.41) is 9.23. The van der Waals surface area contributed by atoms with Crippen LogP contribution in [-0.2, 0) is 0 Å². The van der Waals surface area contributed by atoms with E-state index in [0.717, 1.165) is 6.42 Å². The smallest absolute Gasteiger partial charge is 0.0583 e. The lowest BCUT2D eigenvalue weighted by Crippen LogP contribution is -2.28. The van der Waals surface area contributed by atoms with E-state index in [2.05, 4.69) is 6.92 Å². The molecule has 0 aromatic rings. The van der Waals surface area contributed by atoms with Gasteiger partial charge in [0.1, 0.15) is 0 Å². The van der Waals surface area contributed by atoms with Gasteiger partial charge in [-0.3, -0.25) is 0 Å². The van der Waals surface area contributed by atoms with Crippen molar-refractivity contribution in [2.45, 2.75) is 26.4 Å². The number of rotatable bonds is 2. The molecule has 1 aliphatic carbocycles. The first-order valence-corrected chi connectivity index (χ1v) is 3.51. The third kappa shape index (κ3) is 0.864. The van der Waals surface area contributed by atoms with Crippen LogP contribution in [0.5, 0.6) is 0 Å². The molecule has 54 valence electrons. The number of hydrogen-bond acceptors (Lipinski definition) is 2. The molecular weight excluding hydrogens is 114 g/mol. The summed E-state index contributed by atoms with van der Waals surface area (Å²) in [5.41, 5.74) is 5.58. The van der Waals surface area contributed by atoms with Gasteiger partial charge in [-0.25, -0.2) is 0 Å². The minimum absolute atomic E-state index is 0.0833. The van der Waals surface area contributed by atoms with Crippen LogP contribution in [0.2, 0.25) is 0 Å². The van der Waals surface area contributed by atoms with Crippen molar-refractivity contribution in [2.75, 3.05) is 6.54 Å². The van der Waals surface area contributed by atoms with Crippen LogP contribution in [0.1, 0.15) is 20.3 Å². The van der Waals surface area contributed by atoms with E-state index in [9.17, 15) is 5.11 Å². The van der Waals surface area contributed by atoms with E-state index in [1.807, 2.05) is 6.92 Å². The largest absolute Gasteiger partial charge is 0.393 e. The maximum Gasteiger partial charge on any atom is 0.0583 e. The second kappa shape index (κ2) is 1.96. The average Bonchev–Trinajstić information content (AvgIpc) is 2.43. The Hall–Kier alpha value is -0.0800. The lowest BCUT2D eigenvalue weighted by atomic mass is 9.98. The van der Waals surface area contributed by atoms with E-state index in [4.69, 9.17) is 5.73 Å². The molecular formula is C7H15NO. The van der Waals surface area contributed by atoms with Crippen molar-refractivity contribution in [2.24, 2.45) is 17.1 Å². The van der Waals surface area contributed by atoms with Gasteiger partial charge in [-0.15, -0.1) is 0 Å². The van der Waals surface area contributed by atoms with Crippen molar-refractivity contribution < 1.29 is 5.11 Å². The fourth-order valence-corrected chi connectivity index (χ4v) is 1.55. The van der Waals surface area contributed by atoms with Gasteiger partial charge in [-0.2, -0.15) is 0 Å². The Balaban J connectivity index is 2.52. The topological polar surface area (TPSA) is 46.2 Å². The predicted molar refractivity (Wildman–Crippen MR) is 36.9 cm³/mol. The standard InChI is InChI=1S/C7H15NO/c1-5-3-7(5,4-8)6(2)9/h5-6,9H,3-4,8H2,1-2H3/t5-,6+,7-/m1/s1. The summed E-state index contributed by atoms with van der Waals surface area (Å²) in [5.74, 6) is 0.627. The summed E-state index contributed by atoms with van der Waals surface area (Å²) in [6, 6.07) is 0. The number of aliphatic hydroxyl groups is 1. The first-order chi connectivity index (χ1) is 4.13. The number of aliphatic hydroxyl groups excluding tert-OH is 1. The minimum atomic E-state index is -0.225. The maximum absolute atomic E-state index is 9.23. The first kappa shape index (κ1) is 7.03. The summed E-state index contributed by atoms with van der Waals surface area (Å²) >= 11 is 0. The van der Waals surface area contributed by atoms with Crippen molar-refractivity contribution in [3.63, 3.8) is 0 Å². The molecule has 1 rings (SSSR count). The maximum atomic E-state index is 9.23. The average molecular weight is 129 g/mol. The van der Waals surface area contributed by atoms with Crippen molar-refractivity contribution in [1.82, 2.24) is 0 Å². The molecule has 1 aliphatic rings. The van der Waals surface area contributed by atoms with Crippen LogP contribution in [0.4, 0.5) is 0 Å². The summed E-state index contributed by atoms with van der Waals surface area (Å²) < 4.78 is 0. The van der Waals surface area contributed by atoms with Crippen LogP contribution in [0.25, 0.3) is 0 Å². The number of hydrogen-bond donors (Lipinski definition) is 2. The Morgan fingerprint density at radius 2 is 2.33 bits per heavy atom. The fraction of sp³-hybridized carbons (Fsp3) is 1.00. The van der Waals surface area contributed by atoms with Crippen molar-refractivity contribution >= 4 is 0 Å². The lowest BCUT2D eigenvalue weighted by Gasteiger charge is -2.16. The van der Waals surface area contributed by atoms with E-state index in [1.54, 1.807) is 0 Å². The normalized spacial score (nSPS) is 44.7. The second-order valence-electron chi connectivity index (χ2n) is 3.22. The van der Waals surface area contributed by atoms with Gasteiger partial charge in [0.05, 0.1) is 6.10 Å². The predicted octanol–water partition coefficient (Wildman–Crippen LogP) is 0.352. The highest BCUT2D eigenvalue weighted by Gasteiger charge is 2.53. The number of nitrogens with two attached hydrogens (primary N) is 1. The fourth-order valence-electron chi connectivity index (χ4n) is 1.55. The Morgan fingerprint density at radius 3 is 2.33 bits per heavy atom. The van der Waals surface area contributed by atoms with Gasteiger partial charge >= 0.3 is 0 Å². The van der Waals surface area contributed by atoms with Gasteiger partial charge in [0.15, 0.2) is 0 Å². The molecule has 0 spiro atoms. The lowest BCUT2D eigenvalue weighted by molar-refractivity contribution is 0.106. The van der Waals surface area contributed by atoms with E-state index in [1.165, 1.54) is 0 Å². The summed E-state index contributed by atoms with van der Waals surface area (Å²) in [6.45, 7) is 4.60. The molecule has 0 aromatic carbocycles. The van der Waals surface area contributed by atoms with Crippen LogP contribution >= 0.6 is 0 Å². The van der Waals surface area contributed by atoms with E-state index in [-0.39, 0.29) is 11.5 Å². The zero-order chi connectivity index (χ0) is 7.07. The zero-order valence-electron chi connectivity index (χ0n) is 6.09. The summed E-state index contributed by atoms with van der Waals surface area (Å²) in [4.78, 5) is 0. The van der Waals surface area contributed by atoms with Gasteiger partial charge in [-0.05, 0) is 19.3 Å². The zero-order valence-corrected chi connectivity index (χ0v) is 6.09. The highest BCUT2D eigenvalue weighted by Crippen LogP contribution is 2.53. The molecule has 0 heterocycles. The molecule has 0 radical (unpaired) electrons. The molecule has 0 aliphatic heterocycles. The molecule has 0 aromatic heterocycles. The Morgan fingerprint density at radius 1 is 1.89 bits per heavy atom. The third-order valence-electron chi connectivity index (χ3n) is 2.72. The van der Waals surface area contributed by atoms with E-state index in [0.29, 0.717) is 12.5 Å². The van der Waals surface area contributed by atoms with Crippen LogP contribution < -0.4 is 5.73 Å². The van der Waals surface area contributed by atoms with Gasteiger partial charge in [-0.1, -0.05) is 6.92 Å². The van der Waals surface area contributed by atoms with Crippen molar-refractivity contribution in [3.8, 4) is 0 Å². The van der Waals surface area contributed by atoms with Gasteiger partial charge in [0, 0.05) is 12.0 Å². The molecule has 0 saturated heterocycles. The van der Waals surface area contributed by atoms with Crippen LogP contribution in [0.3, 0.4) is 0 Å². The Kier molecular flexibility index (Phi) is 1.53. The first-order valence-electron chi connectivity index (χ1n) is 3.51. The van der Waals surface area contributed by atoms with Crippen LogP contribution in [0, 0.1) is 11.3 Å². The molecule has 2 heteroatoms. The molecule has 9 heavy (non-hydrogen) atoms. The molecule has 0 amide bonds. The highest BCUT2D eigenvalue weighted by molar-refractivity contribution is 5.03. The van der Waals surface area contributed by atoms with Crippen molar-refractivity contribution in [1.29, 1.82) is 0 Å². The monoisotopic (exact) mass is 129 g/mol. The molecule has 0 unspecified atom stereocenters. The van der Waals surface area contributed by atoms with Gasteiger partial charge in [0.2, 0.25) is 0 Å².